The smallest absolute Gasteiger partial charge is 0.308 e. The van der Waals surface area contributed by atoms with Crippen LogP contribution in [-0.4, -0.2) is 34.6 Å². The molecule has 1 aliphatic carbocycles. The van der Waals surface area contributed by atoms with Gasteiger partial charge in [0.2, 0.25) is 0 Å². The van der Waals surface area contributed by atoms with E-state index in [0.717, 1.165) is 11.9 Å². The van der Waals surface area contributed by atoms with Gasteiger partial charge in [-0.25, -0.2) is 0 Å². The Morgan fingerprint density at radius 1 is 1.45 bits per heavy atom. The van der Waals surface area contributed by atoms with E-state index in [1.807, 2.05) is 13.1 Å². The molecule has 4 rings (SSSR count). The van der Waals surface area contributed by atoms with Crippen molar-refractivity contribution in [2.75, 3.05) is 13.6 Å². The highest BCUT2D eigenvalue weighted by atomic mass is 16.4. The third-order valence-electron chi connectivity index (χ3n) is 4.57. The number of carbonyl (C=O) groups is 1. The number of rotatable bonds is 1. The SMILES string of the molecule is CN1C[C@H](C(=O)O)CC2=C1Cc1c[nH]c3cccc2c13. The van der Waals surface area contributed by atoms with E-state index in [9.17, 15) is 9.90 Å². The summed E-state index contributed by atoms with van der Waals surface area (Å²) >= 11 is 0. The van der Waals surface area contributed by atoms with Gasteiger partial charge in [0, 0.05) is 42.8 Å². The lowest BCUT2D eigenvalue weighted by atomic mass is 9.81. The molecule has 1 aliphatic heterocycles. The molecule has 20 heavy (non-hydrogen) atoms. The average molecular weight is 268 g/mol. The second-order valence-electron chi connectivity index (χ2n) is 5.76. The number of aliphatic carboxylic acids is 1. The Labute approximate surface area is 116 Å². The zero-order valence-corrected chi connectivity index (χ0v) is 11.3. The fourth-order valence-corrected chi connectivity index (χ4v) is 3.60. The first-order valence-electron chi connectivity index (χ1n) is 6.90. The molecule has 1 aromatic carbocycles. The maximum atomic E-state index is 11.4. The second kappa shape index (κ2) is 3.88. The van der Waals surface area contributed by atoms with E-state index in [1.165, 1.54) is 27.8 Å². The molecular formula is C16H16N2O2. The molecule has 0 spiro atoms. The van der Waals surface area contributed by atoms with Crippen molar-refractivity contribution in [1.82, 2.24) is 9.88 Å². The Bertz CT molecular complexity index is 757. The molecule has 102 valence electrons. The summed E-state index contributed by atoms with van der Waals surface area (Å²) in [5.74, 6) is -1.01. The molecule has 0 bridgehead atoms. The number of H-pyrrole nitrogens is 1. The monoisotopic (exact) mass is 268 g/mol. The van der Waals surface area contributed by atoms with Gasteiger partial charge in [-0.05, 0) is 29.2 Å². The number of aromatic amines is 1. The molecule has 0 saturated heterocycles. The lowest BCUT2D eigenvalue weighted by Gasteiger charge is -2.36. The Morgan fingerprint density at radius 3 is 3.10 bits per heavy atom. The first-order valence-corrected chi connectivity index (χ1v) is 6.90. The summed E-state index contributed by atoms with van der Waals surface area (Å²) in [5, 5.41) is 10.6. The minimum atomic E-state index is -0.699. The number of carboxylic acids is 1. The van der Waals surface area contributed by atoms with Crippen LogP contribution < -0.4 is 0 Å². The van der Waals surface area contributed by atoms with Gasteiger partial charge in [-0.15, -0.1) is 0 Å². The van der Waals surface area contributed by atoms with Crippen LogP contribution in [0.1, 0.15) is 17.5 Å². The van der Waals surface area contributed by atoms with E-state index in [4.69, 9.17) is 0 Å². The molecule has 0 unspecified atom stereocenters. The predicted molar refractivity (Wildman–Crippen MR) is 77.3 cm³/mol. The van der Waals surface area contributed by atoms with Crippen LogP contribution in [0.3, 0.4) is 0 Å². The van der Waals surface area contributed by atoms with Gasteiger partial charge in [0.15, 0.2) is 0 Å². The number of aromatic nitrogens is 1. The van der Waals surface area contributed by atoms with Crippen molar-refractivity contribution in [1.29, 1.82) is 0 Å². The van der Waals surface area contributed by atoms with Crippen LogP contribution in [0.5, 0.6) is 0 Å². The number of allylic oxidation sites excluding steroid dienone is 2. The summed E-state index contributed by atoms with van der Waals surface area (Å²) in [6, 6.07) is 6.24. The first kappa shape index (κ1) is 11.6. The van der Waals surface area contributed by atoms with Crippen LogP contribution in [0.4, 0.5) is 0 Å². The lowest BCUT2D eigenvalue weighted by Crippen LogP contribution is -2.36. The molecule has 1 aromatic heterocycles. The second-order valence-corrected chi connectivity index (χ2v) is 5.76. The third-order valence-corrected chi connectivity index (χ3v) is 4.57. The number of hydrogen-bond acceptors (Lipinski definition) is 2. The molecule has 4 heteroatoms. The highest BCUT2D eigenvalue weighted by molar-refractivity contribution is 5.98. The van der Waals surface area contributed by atoms with Crippen molar-refractivity contribution >= 4 is 22.4 Å². The number of carboxylic acid groups (broad SMARTS) is 1. The molecular weight excluding hydrogens is 252 g/mol. The molecule has 2 N–H and O–H groups in total. The number of nitrogens with zero attached hydrogens (tertiary/aromatic N) is 1. The third kappa shape index (κ3) is 1.45. The Hall–Kier alpha value is -2.23. The largest absolute Gasteiger partial charge is 0.481 e. The lowest BCUT2D eigenvalue weighted by molar-refractivity contribution is -0.142. The molecule has 4 nitrogen and oxygen atoms in total. The summed E-state index contributed by atoms with van der Waals surface area (Å²) in [6.07, 6.45) is 3.61. The van der Waals surface area contributed by atoms with Crippen LogP contribution in [0.15, 0.2) is 30.1 Å². The molecule has 0 saturated carbocycles. The summed E-state index contributed by atoms with van der Waals surface area (Å²) in [6.45, 7) is 0.601. The van der Waals surface area contributed by atoms with Crippen LogP contribution >= 0.6 is 0 Å². The highest BCUT2D eigenvalue weighted by Gasteiger charge is 2.33. The van der Waals surface area contributed by atoms with Gasteiger partial charge in [0.1, 0.15) is 0 Å². The minimum Gasteiger partial charge on any atom is -0.481 e. The van der Waals surface area contributed by atoms with Gasteiger partial charge >= 0.3 is 5.97 Å². The Balaban J connectivity index is 1.92. The van der Waals surface area contributed by atoms with E-state index in [1.54, 1.807) is 0 Å². The van der Waals surface area contributed by atoms with E-state index in [2.05, 4.69) is 28.2 Å². The highest BCUT2D eigenvalue weighted by Crippen LogP contribution is 2.42. The Kier molecular flexibility index (Phi) is 2.25. The predicted octanol–water partition coefficient (Wildman–Crippen LogP) is 2.47. The molecule has 0 fully saturated rings. The molecule has 2 aromatic rings. The molecule has 0 radical (unpaired) electrons. The number of benzene rings is 1. The maximum absolute atomic E-state index is 11.4. The fourth-order valence-electron chi connectivity index (χ4n) is 3.60. The van der Waals surface area contributed by atoms with Gasteiger partial charge in [-0.2, -0.15) is 0 Å². The Morgan fingerprint density at radius 2 is 2.30 bits per heavy atom. The van der Waals surface area contributed by atoms with E-state index in [-0.39, 0.29) is 5.92 Å². The topological polar surface area (TPSA) is 56.3 Å². The average Bonchev–Trinajstić information content (AvgIpc) is 2.84. The number of hydrogen-bond donors (Lipinski definition) is 2. The van der Waals surface area contributed by atoms with E-state index in [0.29, 0.717) is 13.0 Å². The number of fused-ring (bicyclic) bond motifs is 1. The quantitative estimate of drug-likeness (QED) is 0.835. The van der Waals surface area contributed by atoms with Crippen LogP contribution in [0, 0.1) is 5.92 Å². The zero-order valence-electron chi connectivity index (χ0n) is 11.3. The molecule has 0 amide bonds. The zero-order chi connectivity index (χ0) is 13.9. The summed E-state index contributed by atoms with van der Waals surface area (Å²) < 4.78 is 0. The maximum Gasteiger partial charge on any atom is 0.308 e. The van der Waals surface area contributed by atoms with Gasteiger partial charge in [-0.1, -0.05) is 12.1 Å². The van der Waals surface area contributed by atoms with Crippen molar-refractivity contribution in [3.8, 4) is 0 Å². The molecule has 1 atom stereocenters. The normalized spacial score (nSPS) is 21.2. The summed E-state index contributed by atoms with van der Waals surface area (Å²) in [4.78, 5) is 16.8. The van der Waals surface area contributed by atoms with Gasteiger partial charge in [0.25, 0.3) is 0 Å². The van der Waals surface area contributed by atoms with Crippen molar-refractivity contribution < 1.29 is 9.90 Å². The first-order chi connectivity index (χ1) is 9.65. The summed E-state index contributed by atoms with van der Waals surface area (Å²) in [5.41, 5.74) is 6.16. The van der Waals surface area contributed by atoms with Crippen molar-refractivity contribution in [2.45, 2.75) is 12.8 Å². The van der Waals surface area contributed by atoms with Gasteiger partial charge < -0.3 is 15.0 Å². The molecule has 2 aliphatic rings. The van der Waals surface area contributed by atoms with E-state index < -0.39 is 5.97 Å². The van der Waals surface area contributed by atoms with Crippen molar-refractivity contribution in [2.24, 2.45) is 5.92 Å². The van der Waals surface area contributed by atoms with E-state index >= 15 is 0 Å². The summed E-state index contributed by atoms with van der Waals surface area (Å²) in [7, 11) is 2.00. The number of likely N-dealkylation sites (N-methyl/N-ethyl adjacent to an activating group) is 1. The number of nitrogens with one attached hydrogen (secondary N) is 1. The standard InChI is InChI=1S/C16H16N2O2/c1-18-8-10(16(19)20)5-12-11-3-2-4-13-15(11)9(7-17-13)6-14(12)18/h2-4,7,10,17H,5-6,8H2,1H3,(H,19,20)/t10-/m1/s1. The van der Waals surface area contributed by atoms with Crippen LogP contribution in [-0.2, 0) is 11.2 Å². The van der Waals surface area contributed by atoms with Crippen molar-refractivity contribution in [3.63, 3.8) is 0 Å². The minimum absolute atomic E-state index is 0.311. The fraction of sp³-hybridized carbons (Fsp3) is 0.312. The van der Waals surface area contributed by atoms with Gasteiger partial charge in [0.05, 0.1) is 5.92 Å². The van der Waals surface area contributed by atoms with Gasteiger partial charge in [-0.3, -0.25) is 4.79 Å². The van der Waals surface area contributed by atoms with Crippen LogP contribution in [0.25, 0.3) is 16.5 Å². The van der Waals surface area contributed by atoms with Crippen molar-refractivity contribution in [3.05, 3.63) is 41.2 Å². The molecule has 2 heterocycles. The van der Waals surface area contributed by atoms with Crippen LogP contribution in [0.2, 0.25) is 0 Å².